The summed E-state index contributed by atoms with van der Waals surface area (Å²) in [6.07, 6.45) is 5.45. The van der Waals surface area contributed by atoms with Crippen LogP contribution >= 0.6 is 35.0 Å². The van der Waals surface area contributed by atoms with Crippen LogP contribution in [-0.4, -0.2) is 33.5 Å². The van der Waals surface area contributed by atoms with E-state index in [1.807, 2.05) is 13.8 Å². The number of thioether (sulfide) groups is 1. The zero-order valence-electron chi connectivity index (χ0n) is 17.7. The molecule has 0 aliphatic heterocycles. The lowest BCUT2D eigenvalue weighted by molar-refractivity contribution is -0.150. The highest BCUT2D eigenvalue weighted by Crippen LogP contribution is 2.31. The highest BCUT2D eigenvalue weighted by atomic mass is 35.5. The molecule has 0 N–H and O–H groups in total. The van der Waals surface area contributed by atoms with Crippen LogP contribution in [0.2, 0.25) is 10.0 Å². The van der Waals surface area contributed by atoms with Gasteiger partial charge in [0.2, 0.25) is 12.7 Å². The minimum absolute atomic E-state index is 0.0455. The third kappa shape index (κ3) is 7.94. The normalized spacial score (nSPS) is 10.7. The van der Waals surface area contributed by atoms with Gasteiger partial charge >= 0.3 is 5.97 Å². The van der Waals surface area contributed by atoms with E-state index in [0.29, 0.717) is 52.5 Å². The number of ether oxygens (including phenoxy) is 2. The second-order valence-electron chi connectivity index (χ2n) is 6.65. The SMILES string of the molecule is CCc1nc(SCc2c(Cl)cncc2Cl)nc(OCOC(=O)CCCC(C)=O)c1CC. The van der Waals surface area contributed by atoms with Gasteiger partial charge in [0.15, 0.2) is 5.16 Å². The summed E-state index contributed by atoms with van der Waals surface area (Å²) in [7, 11) is 0. The number of carbonyl (C=O) groups excluding carboxylic acids is 2. The van der Waals surface area contributed by atoms with Crippen LogP contribution in [0.5, 0.6) is 5.88 Å². The van der Waals surface area contributed by atoms with E-state index < -0.39 is 5.97 Å². The molecule has 2 rings (SSSR count). The van der Waals surface area contributed by atoms with Crippen molar-refractivity contribution in [2.24, 2.45) is 0 Å². The lowest BCUT2D eigenvalue weighted by atomic mass is 10.1. The molecule has 2 heterocycles. The second kappa shape index (κ2) is 12.8. The summed E-state index contributed by atoms with van der Waals surface area (Å²) < 4.78 is 10.8. The van der Waals surface area contributed by atoms with Gasteiger partial charge in [0.25, 0.3) is 0 Å². The standard InChI is InChI=1S/C21H25Cl2N3O4S/c1-4-14-18(5-2)25-21(31-11-15-16(22)9-24-10-17(15)23)26-20(14)30-12-29-19(28)8-6-7-13(3)27/h9-10H,4-8,11-12H2,1-3H3. The molecule has 0 fully saturated rings. The van der Waals surface area contributed by atoms with Gasteiger partial charge in [0, 0.05) is 42.1 Å². The molecule has 2 aromatic heterocycles. The number of Topliss-reactive ketones (excluding diaryl/α,β-unsaturated/α-hetero) is 1. The second-order valence-corrected chi connectivity index (χ2v) is 8.41. The van der Waals surface area contributed by atoms with E-state index in [9.17, 15) is 9.59 Å². The number of rotatable bonds is 12. The topological polar surface area (TPSA) is 91.3 Å². The van der Waals surface area contributed by atoms with E-state index in [0.717, 1.165) is 16.8 Å². The Morgan fingerprint density at radius 1 is 1.03 bits per heavy atom. The van der Waals surface area contributed by atoms with Crippen molar-refractivity contribution in [1.82, 2.24) is 15.0 Å². The molecule has 0 aromatic carbocycles. The van der Waals surface area contributed by atoms with Crippen molar-refractivity contribution in [1.29, 1.82) is 0 Å². The number of nitrogens with zero attached hydrogens (tertiary/aromatic N) is 3. The van der Waals surface area contributed by atoms with Crippen LogP contribution in [0.1, 0.15) is 56.9 Å². The molecule has 0 radical (unpaired) electrons. The van der Waals surface area contributed by atoms with Crippen molar-refractivity contribution < 1.29 is 19.1 Å². The molecule has 0 unspecified atom stereocenters. The van der Waals surface area contributed by atoms with Gasteiger partial charge in [-0.1, -0.05) is 48.8 Å². The predicted molar refractivity (Wildman–Crippen MR) is 121 cm³/mol. The number of halogens is 2. The van der Waals surface area contributed by atoms with Crippen LogP contribution in [0.25, 0.3) is 0 Å². The number of hydrogen-bond acceptors (Lipinski definition) is 8. The van der Waals surface area contributed by atoms with Crippen LogP contribution in [0.3, 0.4) is 0 Å². The van der Waals surface area contributed by atoms with Crippen LogP contribution in [0, 0.1) is 0 Å². The van der Waals surface area contributed by atoms with Crippen LogP contribution in [0.15, 0.2) is 17.6 Å². The third-order valence-corrected chi connectivity index (χ3v) is 5.87. The van der Waals surface area contributed by atoms with Crippen molar-refractivity contribution in [2.45, 2.75) is 63.8 Å². The minimum Gasteiger partial charge on any atom is -0.440 e. The van der Waals surface area contributed by atoms with Gasteiger partial charge in [0.05, 0.1) is 15.7 Å². The highest BCUT2D eigenvalue weighted by Gasteiger charge is 2.16. The fraction of sp³-hybridized carbons (Fsp3) is 0.476. The molecule has 31 heavy (non-hydrogen) atoms. The van der Waals surface area contributed by atoms with E-state index in [2.05, 4.69) is 15.0 Å². The number of aryl methyl sites for hydroxylation is 1. The Hall–Kier alpha value is -1.90. The van der Waals surface area contributed by atoms with Gasteiger partial charge < -0.3 is 14.3 Å². The average Bonchev–Trinajstić information content (AvgIpc) is 2.72. The molecule has 2 aromatic rings. The molecule has 0 aliphatic rings. The van der Waals surface area contributed by atoms with E-state index in [4.69, 9.17) is 32.7 Å². The van der Waals surface area contributed by atoms with Crippen LogP contribution in [-0.2, 0) is 32.9 Å². The first-order valence-corrected chi connectivity index (χ1v) is 11.7. The number of esters is 1. The van der Waals surface area contributed by atoms with E-state index in [1.165, 1.54) is 18.7 Å². The molecule has 0 bridgehead atoms. The van der Waals surface area contributed by atoms with Crippen LogP contribution < -0.4 is 4.74 Å². The van der Waals surface area contributed by atoms with Crippen molar-refractivity contribution in [3.63, 3.8) is 0 Å². The smallest absolute Gasteiger partial charge is 0.308 e. The Labute approximate surface area is 196 Å². The van der Waals surface area contributed by atoms with Gasteiger partial charge in [-0.05, 0) is 26.2 Å². The first-order valence-electron chi connectivity index (χ1n) is 9.93. The zero-order chi connectivity index (χ0) is 22.8. The Kier molecular flexibility index (Phi) is 10.5. The molecule has 10 heteroatoms. The van der Waals surface area contributed by atoms with Gasteiger partial charge in [-0.2, -0.15) is 4.98 Å². The fourth-order valence-electron chi connectivity index (χ4n) is 2.73. The van der Waals surface area contributed by atoms with Crippen molar-refractivity contribution in [2.75, 3.05) is 6.79 Å². The Morgan fingerprint density at radius 3 is 2.35 bits per heavy atom. The molecule has 0 atom stereocenters. The van der Waals surface area contributed by atoms with Crippen molar-refractivity contribution in [3.8, 4) is 5.88 Å². The zero-order valence-corrected chi connectivity index (χ0v) is 20.1. The number of aromatic nitrogens is 3. The average molecular weight is 486 g/mol. The predicted octanol–water partition coefficient (Wildman–Crippen LogP) is 5.23. The van der Waals surface area contributed by atoms with Gasteiger partial charge in [-0.15, -0.1) is 0 Å². The van der Waals surface area contributed by atoms with E-state index in [1.54, 1.807) is 12.4 Å². The first kappa shape index (κ1) is 25.4. The van der Waals surface area contributed by atoms with Crippen molar-refractivity contribution >= 4 is 46.7 Å². The van der Waals surface area contributed by atoms with Gasteiger partial charge in [-0.25, -0.2) is 4.98 Å². The molecule has 0 spiro atoms. The largest absolute Gasteiger partial charge is 0.440 e. The molecule has 0 amide bonds. The summed E-state index contributed by atoms with van der Waals surface area (Å²) in [4.78, 5) is 35.8. The number of ketones is 1. The number of pyridine rings is 1. The summed E-state index contributed by atoms with van der Waals surface area (Å²) in [5.41, 5.74) is 2.50. The monoisotopic (exact) mass is 485 g/mol. The third-order valence-electron chi connectivity index (χ3n) is 4.35. The maximum atomic E-state index is 11.8. The van der Waals surface area contributed by atoms with Gasteiger partial charge in [0.1, 0.15) is 5.78 Å². The summed E-state index contributed by atoms with van der Waals surface area (Å²) in [6, 6.07) is 0. The quantitative estimate of drug-likeness (QED) is 0.174. The Bertz CT molecular complexity index is 907. The lowest BCUT2D eigenvalue weighted by Gasteiger charge is -2.14. The van der Waals surface area contributed by atoms with Gasteiger partial charge in [-0.3, -0.25) is 9.78 Å². The summed E-state index contributed by atoms with van der Waals surface area (Å²) >= 11 is 13.8. The fourth-order valence-corrected chi connectivity index (χ4v) is 4.30. The van der Waals surface area contributed by atoms with Crippen LogP contribution in [0.4, 0.5) is 0 Å². The van der Waals surface area contributed by atoms with Crippen molar-refractivity contribution in [3.05, 3.63) is 39.3 Å². The molecule has 0 saturated carbocycles. The molecular formula is C21H25Cl2N3O4S. The molecule has 0 saturated heterocycles. The summed E-state index contributed by atoms with van der Waals surface area (Å²) in [5, 5.41) is 1.48. The Morgan fingerprint density at radius 2 is 1.74 bits per heavy atom. The molecule has 0 aliphatic carbocycles. The molecule has 7 nitrogen and oxygen atoms in total. The highest BCUT2D eigenvalue weighted by molar-refractivity contribution is 7.98. The lowest BCUT2D eigenvalue weighted by Crippen LogP contribution is -2.13. The minimum atomic E-state index is -0.416. The number of hydrogen-bond donors (Lipinski definition) is 0. The summed E-state index contributed by atoms with van der Waals surface area (Å²) in [5.74, 6) is 0.490. The maximum Gasteiger partial charge on any atom is 0.308 e. The Balaban J connectivity index is 2.06. The summed E-state index contributed by atoms with van der Waals surface area (Å²) in [6.45, 7) is 5.23. The maximum absolute atomic E-state index is 11.8. The molecular weight excluding hydrogens is 461 g/mol. The molecule has 168 valence electrons. The van der Waals surface area contributed by atoms with E-state index in [-0.39, 0.29) is 19.0 Å². The van der Waals surface area contributed by atoms with E-state index >= 15 is 0 Å². The number of carbonyl (C=O) groups is 2. The first-order chi connectivity index (χ1) is 14.8.